The average Bonchev–Trinajstić information content (AvgIpc) is 2.60. The van der Waals surface area contributed by atoms with Crippen molar-refractivity contribution in [3.63, 3.8) is 0 Å². The number of carbonyl (C=O) groups is 2. The van der Waals surface area contributed by atoms with E-state index in [0.717, 1.165) is 16.8 Å². The van der Waals surface area contributed by atoms with Crippen molar-refractivity contribution in [1.29, 1.82) is 0 Å². The fourth-order valence-electron chi connectivity index (χ4n) is 2.56. The van der Waals surface area contributed by atoms with Crippen LogP contribution in [-0.4, -0.2) is 18.9 Å². The number of nitrogens with one attached hydrogen (secondary N) is 2. The Morgan fingerprint density at radius 2 is 1.68 bits per heavy atom. The van der Waals surface area contributed by atoms with Gasteiger partial charge in [0.05, 0.1) is 7.11 Å². The summed E-state index contributed by atoms with van der Waals surface area (Å²) in [5.41, 5.74) is 2.66. The van der Waals surface area contributed by atoms with Crippen molar-refractivity contribution >= 4 is 17.5 Å². The van der Waals surface area contributed by atoms with E-state index in [-0.39, 0.29) is 24.2 Å². The van der Waals surface area contributed by atoms with Crippen molar-refractivity contribution in [2.45, 2.75) is 32.7 Å². The minimum absolute atomic E-state index is 0.221. The van der Waals surface area contributed by atoms with Crippen LogP contribution in [0.2, 0.25) is 0 Å². The van der Waals surface area contributed by atoms with E-state index in [1.165, 1.54) is 0 Å². The second-order valence-electron chi connectivity index (χ2n) is 6.06. The van der Waals surface area contributed by atoms with E-state index >= 15 is 0 Å². The lowest BCUT2D eigenvalue weighted by atomic mass is 10.0. The van der Waals surface area contributed by atoms with Gasteiger partial charge in [-0.25, -0.2) is 0 Å². The van der Waals surface area contributed by atoms with Gasteiger partial charge < -0.3 is 15.4 Å². The second-order valence-corrected chi connectivity index (χ2v) is 6.06. The summed E-state index contributed by atoms with van der Waals surface area (Å²) >= 11 is 0. The minimum atomic E-state index is -0.328. The molecule has 0 saturated heterocycles. The van der Waals surface area contributed by atoms with E-state index < -0.39 is 0 Å². The highest BCUT2D eigenvalue weighted by atomic mass is 16.5. The smallest absolute Gasteiger partial charge is 0.233 e. The predicted octanol–water partition coefficient (Wildman–Crippen LogP) is 3.46. The number of anilines is 1. The molecule has 0 atom stereocenters. The van der Waals surface area contributed by atoms with Crippen molar-refractivity contribution in [2.75, 3.05) is 12.4 Å². The maximum atomic E-state index is 12.1. The van der Waals surface area contributed by atoms with Gasteiger partial charge in [-0.3, -0.25) is 9.59 Å². The molecule has 2 aromatic rings. The third kappa shape index (κ3) is 5.35. The zero-order chi connectivity index (χ0) is 18.2. The standard InChI is InChI=1S/C20H24N2O3/c1-14(2)16-9-5-6-10-17(16)22-20(24)12-19(23)21-13-15-8-4-7-11-18(15)25-3/h4-11,14H,12-13H2,1-3H3,(H,21,23)(H,22,24). The molecule has 2 aromatic carbocycles. The van der Waals surface area contributed by atoms with Crippen molar-refractivity contribution in [1.82, 2.24) is 5.32 Å². The van der Waals surface area contributed by atoms with E-state index in [9.17, 15) is 9.59 Å². The Balaban J connectivity index is 1.89. The van der Waals surface area contributed by atoms with Crippen LogP contribution < -0.4 is 15.4 Å². The topological polar surface area (TPSA) is 67.4 Å². The normalized spacial score (nSPS) is 10.4. The summed E-state index contributed by atoms with van der Waals surface area (Å²) in [7, 11) is 1.58. The Kier molecular flexibility index (Phi) is 6.57. The molecule has 132 valence electrons. The Labute approximate surface area is 148 Å². The zero-order valence-electron chi connectivity index (χ0n) is 14.8. The van der Waals surface area contributed by atoms with Crippen LogP contribution >= 0.6 is 0 Å². The van der Waals surface area contributed by atoms with Crippen LogP contribution in [0.5, 0.6) is 5.75 Å². The largest absolute Gasteiger partial charge is 0.496 e. The minimum Gasteiger partial charge on any atom is -0.496 e. The predicted molar refractivity (Wildman–Crippen MR) is 98.6 cm³/mol. The van der Waals surface area contributed by atoms with Gasteiger partial charge in [-0.2, -0.15) is 0 Å². The highest BCUT2D eigenvalue weighted by Crippen LogP contribution is 2.23. The number of benzene rings is 2. The Bertz CT molecular complexity index is 741. The van der Waals surface area contributed by atoms with Crippen molar-refractivity contribution < 1.29 is 14.3 Å². The van der Waals surface area contributed by atoms with E-state index in [1.807, 2.05) is 48.5 Å². The molecule has 2 N–H and O–H groups in total. The summed E-state index contributed by atoms with van der Waals surface area (Å²) in [5.74, 6) is 0.338. The molecule has 0 aromatic heterocycles. The van der Waals surface area contributed by atoms with Crippen LogP contribution in [0.25, 0.3) is 0 Å². The van der Waals surface area contributed by atoms with Gasteiger partial charge in [-0.05, 0) is 23.6 Å². The maximum Gasteiger partial charge on any atom is 0.233 e. The summed E-state index contributed by atoms with van der Waals surface area (Å²) in [4.78, 5) is 24.2. The quantitative estimate of drug-likeness (QED) is 0.759. The Morgan fingerprint density at radius 1 is 1.00 bits per heavy atom. The number of hydrogen-bond acceptors (Lipinski definition) is 3. The molecular formula is C20H24N2O3. The summed E-state index contributed by atoms with van der Waals surface area (Å²) < 4.78 is 5.24. The molecule has 2 rings (SSSR count). The first-order valence-corrected chi connectivity index (χ1v) is 8.28. The van der Waals surface area contributed by atoms with Crippen LogP contribution in [0.4, 0.5) is 5.69 Å². The van der Waals surface area contributed by atoms with Gasteiger partial charge in [-0.15, -0.1) is 0 Å². The first-order chi connectivity index (χ1) is 12.0. The zero-order valence-corrected chi connectivity index (χ0v) is 14.8. The third-order valence-electron chi connectivity index (χ3n) is 3.85. The fraction of sp³-hybridized carbons (Fsp3) is 0.300. The SMILES string of the molecule is COc1ccccc1CNC(=O)CC(=O)Nc1ccccc1C(C)C. The lowest BCUT2D eigenvalue weighted by molar-refractivity contribution is -0.126. The lowest BCUT2D eigenvalue weighted by Crippen LogP contribution is -2.28. The molecule has 5 heteroatoms. The van der Waals surface area contributed by atoms with E-state index in [2.05, 4.69) is 24.5 Å². The molecule has 0 saturated carbocycles. The van der Waals surface area contributed by atoms with Gasteiger partial charge in [0.1, 0.15) is 12.2 Å². The highest BCUT2D eigenvalue weighted by molar-refractivity contribution is 6.03. The summed E-state index contributed by atoms with van der Waals surface area (Å²) in [6.07, 6.45) is -0.221. The fourth-order valence-corrected chi connectivity index (χ4v) is 2.56. The number of methoxy groups -OCH3 is 1. The molecule has 0 radical (unpaired) electrons. The van der Waals surface area contributed by atoms with Crippen molar-refractivity contribution in [3.05, 3.63) is 59.7 Å². The Morgan fingerprint density at radius 3 is 2.40 bits per heavy atom. The monoisotopic (exact) mass is 340 g/mol. The molecule has 0 aliphatic heterocycles. The lowest BCUT2D eigenvalue weighted by Gasteiger charge is -2.14. The number of carbonyl (C=O) groups excluding carboxylic acids is 2. The van der Waals surface area contributed by atoms with Gasteiger partial charge >= 0.3 is 0 Å². The van der Waals surface area contributed by atoms with Crippen molar-refractivity contribution in [3.8, 4) is 5.75 Å². The van der Waals surface area contributed by atoms with Crippen LogP contribution in [0.3, 0.4) is 0 Å². The summed E-state index contributed by atoms with van der Waals surface area (Å²) in [6, 6.07) is 15.1. The molecule has 0 aliphatic carbocycles. The second kappa shape index (κ2) is 8.87. The molecule has 0 heterocycles. The third-order valence-corrected chi connectivity index (χ3v) is 3.85. The first-order valence-electron chi connectivity index (χ1n) is 8.28. The maximum absolute atomic E-state index is 12.1. The molecule has 0 aliphatic rings. The van der Waals surface area contributed by atoms with Gasteiger partial charge in [0.25, 0.3) is 0 Å². The Hall–Kier alpha value is -2.82. The molecular weight excluding hydrogens is 316 g/mol. The van der Waals surface area contributed by atoms with Crippen molar-refractivity contribution in [2.24, 2.45) is 0 Å². The highest BCUT2D eigenvalue weighted by Gasteiger charge is 2.13. The number of ether oxygens (including phenoxy) is 1. The molecule has 25 heavy (non-hydrogen) atoms. The van der Waals surface area contributed by atoms with E-state index in [4.69, 9.17) is 4.74 Å². The first kappa shape index (κ1) is 18.5. The van der Waals surface area contributed by atoms with E-state index in [1.54, 1.807) is 7.11 Å². The number of hydrogen-bond donors (Lipinski definition) is 2. The van der Waals surface area contributed by atoms with Gasteiger partial charge in [0.15, 0.2) is 0 Å². The van der Waals surface area contributed by atoms with Crippen LogP contribution in [0.15, 0.2) is 48.5 Å². The van der Waals surface area contributed by atoms with Gasteiger partial charge in [-0.1, -0.05) is 50.2 Å². The number of amides is 2. The average molecular weight is 340 g/mol. The van der Waals surface area contributed by atoms with Crippen LogP contribution in [-0.2, 0) is 16.1 Å². The van der Waals surface area contributed by atoms with Crippen LogP contribution in [0, 0.1) is 0 Å². The molecule has 0 unspecified atom stereocenters. The molecule has 0 spiro atoms. The molecule has 0 bridgehead atoms. The van der Waals surface area contributed by atoms with Gasteiger partial charge in [0, 0.05) is 17.8 Å². The van der Waals surface area contributed by atoms with E-state index in [0.29, 0.717) is 12.3 Å². The summed E-state index contributed by atoms with van der Waals surface area (Å²) in [5, 5.41) is 5.57. The molecule has 5 nitrogen and oxygen atoms in total. The van der Waals surface area contributed by atoms with Gasteiger partial charge in [0.2, 0.25) is 11.8 Å². The number of para-hydroxylation sites is 2. The summed E-state index contributed by atoms with van der Waals surface area (Å²) in [6.45, 7) is 4.44. The number of rotatable bonds is 7. The van der Waals surface area contributed by atoms with Crippen LogP contribution in [0.1, 0.15) is 37.3 Å². The molecule has 0 fully saturated rings. The molecule has 2 amide bonds.